The van der Waals surface area contributed by atoms with Gasteiger partial charge in [0.2, 0.25) is 0 Å². The summed E-state index contributed by atoms with van der Waals surface area (Å²) < 4.78 is 0. The van der Waals surface area contributed by atoms with Crippen LogP contribution in [0.15, 0.2) is 0 Å². The van der Waals surface area contributed by atoms with Crippen LogP contribution in [-0.2, 0) is 6.42 Å². The van der Waals surface area contributed by atoms with Crippen molar-refractivity contribution in [2.75, 3.05) is 18.5 Å². The predicted octanol–water partition coefficient (Wildman–Crippen LogP) is 3.36. The van der Waals surface area contributed by atoms with Crippen LogP contribution in [-0.4, -0.2) is 24.6 Å². The Kier molecular flexibility index (Phi) is 3.81. The molecule has 3 unspecified atom stereocenters. The van der Waals surface area contributed by atoms with Crippen LogP contribution in [0.2, 0.25) is 0 Å². The molecule has 1 saturated heterocycles. The van der Waals surface area contributed by atoms with Crippen molar-refractivity contribution in [1.82, 2.24) is 10.3 Å². The fourth-order valence-electron chi connectivity index (χ4n) is 3.50. The maximum atomic E-state index is 4.98. The van der Waals surface area contributed by atoms with Gasteiger partial charge in [0.05, 0.1) is 11.7 Å². The molecule has 106 valence electrons. The summed E-state index contributed by atoms with van der Waals surface area (Å²) in [4.78, 5) is 9.04. The number of thiazole rings is 1. The van der Waals surface area contributed by atoms with Crippen LogP contribution in [0.3, 0.4) is 0 Å². The second-order valence-electron chi connectivity index (χ2n) is 6.21. The summed E-state index contributed by atoms with van der Waals surface area (Å²) in [5.74, 6) is 0.867. The van der Waals surface area contributed by atoms with E-state index in [4.69, 9.17) is 4.98 Å². The third kappa shape index (κ3) is 2.52. The van der Waals surface area contributed by atoms with Gasteiger partial charge in [-0.2, -0.15) is 0 Å². The number of fused-ring (bicyclic) bond motifs is 1. The Labute approximate surface area is 120 Å². The molecule has 0 saturated carbocycles. The molecule has 1 N–H and O–H groups in total. The molecule has 1 aliphatic heterocycles. The van der Waals surface area contributed by atoms with Crippen LogP contribution in [0.25, 0.3) is 0 Å². The zero-order chi connectivity index (χ0) is 13.4. The maximum Gasteiger partial charge on any atom is 0.186 e. The summed E-state index contributed by atoms with van der Waals surface area (Å²) in [5.41, 5.74) is 1.33. The van der Waals surface area contributed by atoms with Crippen molar-refractivity contribution in [1.29, 1.82) is 0 Å². The van der Waals surface area contributed by atoms with Crippen molar-refractivity contribution < 1.29 is 0 Å². The van der Waals surface area contributed by atoms with E-state index in [0.717, 1.165) is 5.92 Å². The highest BCUT2D eigenvalue weighted by atomic mass is 32.1. The lowest BCUT2D eigenvalue weighted by Gasteiger charge is -2.36. The molecule has 2 heterocycles. The first kappa shape index (κ1) is 13.4. The number of piperidine rings is 1. The monoisotopic (exact) mass is 279 g/mol. The molecule has 0 amide bonds. The lowest BCUT2D eigenvalue weighted by molar-refractivity contribution is 0.377. The molecule has 0 spiro atoms. The molecule has 19 heavy (non-hydrogen) atoms. The highest BCUT2D eigenvalue weighted by Gasteiger charge is 2.29. The molecule has 3 rings (SSSR count). The summed E-state index contributed by atoms with van der Waals surface area (Å²) in [5, 5.41) is 4.69. The zero-order valence-corrected chi connectivity index (χ0v) is 13.1. The second-order valence-corrected chi connectivity index (χ2v) is 7.27. The minimum absolute atomic E-state index is 0.479. The Bertz CT molecular complexity index is 443. The smallest absolute Gasteiger partial charge is 0.186 e. The van der Waals surface area contributed by atoms with E-state index < -0.39 is 0 Å². The minimum Gasteiger partial charge on any atom is -0.345 e. The quantitative estimate of drug-likeness (QED) is 0.899. The summed E-state index contributed by atoms with van der Waals surface area (Å²) in [7, 11) is 2.06. The largest absolute Gasteiger partial charge is 0.345 e. The zero-order valence-electron chi connectivity index (χ0n) is 12.3. The average Bonchev–Trinajstić information content (AvgIpc) is 2.81. The summed E-state index contributed by atoms with van der Waals surface area (Å²) >= 11 is 1.94. The van der Waals surface area contributed by atoms with Crippen LogP contribution in [0.1, 0.15) is 56.1 Å². The molecule has 0 aromatic carbocycles. The molecule has 1 aliphatic carbocycles. The molecular formula is C15H25N3S. The van der Waals surface area contributed by atoms with E-state index in [1.807, 2.05) is 11.3 Å². The minimum atomic E-state index is 0.479. The maximum absolute atomic E-state index is 4.98. The molecular weight excluding hydrogens is 254 g/mol. The molecule has 1 fully saturated rings. The molecule has 3 atom stereocenters. The van der Waals surface area contributed by atoms with Gasteiger partial charge in [-0.15, -0.1) is 11.3 Å². The molecule has 4 heteroatoms. The van der Waals surface area contributed by atoms with Gasteiger partial charge in [0.1, 0.15) is 0 Å². The Morgan fingerprint density at radius 3 is 2.89 bits per heavy atom. The topological polar surface area (TPSA) is 28.2 Å². The SMILES string of the molecule is CNC1CCCc2sc(N3CCC(C)CC3C)nc21. The second kappa shape index (κ2) is 5.41. The number of nitrogens with zero attached hydrogens (tertiary/aromatic N) is 2. The highest BCUT2D eigenvalue weighted by Crippen LogP contribution is 2.38. The van der Waals surface area contributed by atoms with Gasteiger partial charge in [-0.1, -0.05) is 6.92 Å². The van der Waals surface area contributed by atoms with Crippen LogP contribution >= 0.6 is 11.3 Å². The Morgan fingerprint density at radius 2 is 2.16 bits per heavy atom. The highest BCUT2D eigenvalue weighted by molar-refractivity contribution is 7.15. The number of hydrogen-bond donors (Lipinski definition) is 1. The van der Waals surface area contributed by atoms with Crippen molar-refractivity contribution >= 4 is 16.5 Å². The van der Waals surface area contributed by atoms with E-state index >= 15 is 0 Å². The van der Waals surface area contributed by atoms with Gasteiger partial charge >= 0.3 is 0 Å². The number of aromatic nitrogens is 1. The molecule has 2 aliphatic rings. The van der Waals surface area contributed by atoms with E-state index in [0.29, 0.717) is 12.1 Å². The van der Waals surface area contributed by atoms with E-state index in [9.17, 15) is 0 Å². The van der Waals surface area contributed by atoms with Crippen molar-refractivity contribution in [3.05, 3.63) is 10.6 Å². The molecule has 3 nitrogen and oxygen atoms in total. The van der Waals surface area contributed by atoms with Gasteiger partial charge in [0, 0.05) is 17.5 Å². The molecule has 1 aromatic heterocycles. The number of anilines is 1. The van der Waals surface area contributed by atoms with E-state index in [-0.39, 0.29) is 0 Å². The average molecular weight is 279 g/mol. The van der Waals surface area contributed by atoms with Crippen molar-refractivity contribution in [2.45, 2.75) is 58.0 Å². The van der Waals surface area contributed by atoms with Gasteiger partial charge in [-0.25, -0.2) is 4.98 Å². The lowest BCUT2D eigenvalue weighted by Crippen LogP contribution is -2.40. The van der Waals surface area contributed by atoms with Gasteiger partial charge in [0.15, 0.2) is 5.13 Å². The number of nitrogens with one attached hydrogen (secondary N) is 1. The van der Waals surface area contributed by atoms with Crippen LogP contribution < -0.4 is 10.2 Å². The third-order valence-corrected chi connectivity index (χ3v) is 5.84. The van der Waals surface area contributed by atoms with Crippen LogP contribution in [0, 0.1) is 5.92 Å². The summed E-state index contributed by atoms with van der Waals surface area (Å²) in [6, 6.07) is 1.12. The van der Waals surface area contributed by atoms with E-state index in [1.165, 1.54) is 54.4 Å². The van der Waals surface area contributed by atoms with Crippen molar-refractivity contribution in [2.24, 2.45) is 5.92 Å². The summed E-state index contributed by atoms with van der Waals surface area (Å²) in [6.45, 7) is 5.91. The molecule has 1 aromatic rings. The lowest BCUT2D eigenvalue weighted by atomic mass is 9.94. The summed E-state index contributed by atoms with van der Waals surface area (Å²) in [6.07, 6.45) is 6.37. The first-order chi connectivity index (χ1) is 9.19. The van der Waals surface area contributed by atoms with Crippen LogP contribution in [0.5, 0.6) is 0 Å². The number of aryl methyl sites for hydroxylation is 1. The predicted molar refractivity (Wildman–Crippen MR) is 82.1 cm³/mol. The number of hydrogen-bond acceptors (Lipinski definition) is 4. The van der Waals surface area contributed by atoms with Gasteiger partial charge in [-0.3, -0.25) is 0 Å². The van der Waals surface area contributed by atoms with Crippen molar-refractivity contribution in [3.8, 4) is 0 Å². The van der Waals surface area contributed by atoms with Crippen LogP contribution in [0.4, 0.5) is 5.13 Å². The Morgan fingerprint density at radius 1 is 1.32 bits per heavy atom. The third-order valence-electron chi connectivity index (χ3n) is 4.68. The standard InChI is InChI=1S/C15H25N3S/c1-10-7-8-18(11(2)9-10)15-17-14-12(16-3)5-4-6-13(14)19-15/h10-12,16H,4-9H2,1-3H3. The fraction of sp³-hybridized carbons (Fsp3) is 0.800. The number of rotatable bonds is 2. The first-order valence-electron chi connectivity index (χ1n) is 7.62. The van der Waals surface area contributed by atoms with Gasteiger partial charge in [-0.05, 0) is 52.0 Å². The molecule has 0 bridgehead atoms. The van der Waals surface area contributed by atoms with Gasteiger partial charge in [0.25, 0.3) is 0 Å². The van der Waals surface area contributed by atoms with E-state index in [2.05, 4.69) is 31.1 Å². The van der Waals surface area contributed by atoms with Gasteiger partial charge < -0.3 is 10.2 Å². The fourth-order valence-corrected chi connectivity index (χ4v) is 4.79. The van der Waals surface area contributed by atoms with E-state index in [1.54, 1.807) is 0 Å². The Hall–Kier alpha value is -0.610. The normalized spacial score (nSPS) is 31.3. The van der Waals surface area contributed by atoms with Crippen molar-refractivity contribution in [3.63, 3.8) is 0 Å². The first-order valence-corrected chi connectivity index (χ1v) is 8.44. The Balaban J connectivity index is 1.84. The molecule has 0 radical (unpaired) electrons.